The lowest BCUT2D eigenvalue weighted by Crippen LogP contribution is -2.29. The summed E-state index contributed by atoms with van der Waals surface area (Å²) in [6, 6.07) is 11.7. The van der Waals surface area contributed by atoms with Crippen molar-refractivity contribution < 1.29 is 27.5 Å². The molecule has 0 spiro atoms. The van der Waals surface area contributed by atoms with E-state index >= 15 is 0 Å². The number of para-hydroxylation sites is 1. The quantitative estimate of drug-likeness (QED) is 0.361. The average Bonchev–Trinajstić information content (AvgIpc) is 3.26. The van der Waals surface area contributed by atoms with Crippen molar-refractivity contribution in [3.8, 4) is 23.0 Å². The van der Waals surface area contributed by atoms with Gasteiger partial charge in [0.2, 0.25) is 17.7 Å². The number of benzene rings is 2. The number of methoxy groups -OCH3 is 1. The summed E-state index contributed by atoms with van der Waals surface area (Å²) in [7, 11) is 1.34. The smallest absolute Gasteiger partial charge is 0.387 e. The Kier molecular flexibility index (Phi) is 8.37. The lowest BCUT2D eigenvalue weighted by Gasteiger charge is -2.18. The topological polar surface area (TPSA) is 77.7 Å². The third-order valence-electron chi connectivity index (χ3n) is 4.54. The van der Waals surface area contributed by atoms with E-state index in [2.05, 4.69) is 14.9 Å². The fourth-order valence-electron chi connectivity index (χ4n) is 3.07. The van der Waals surface area contributed by atoms with E-state index in [4.69, 9.17) is 20.8 Å². The van der Waals surface area contributed by atoms with Crippen LogP contribution < -0.4 is 9.47 Å². The standard InChI is InChI=1S/C23H22ClF2N3O4/c1-3-13-29(14-19-27-28-22(32-19)16-8-4-5-9-17(16)24)20(30)12-11-15-7-6-10-18(31-2)21(15)33-23(25)26/h4-12,23H,3,13-14H2,1-2H3/b12-11+. The van der Waals surface area contributed by atoms with E-state index in [9.17, 15) is 13.6 Å². The van der Waals surface area contributed by atoms with Gasteiger partial charge in [0.15, 0.2) is 11.5 Å². The molecule has 33 heavy (non-hydrogen) atoms. The minimum absolute atomic E-state index is 0.0764. The lowest BCUT2D eigenvalue weighted by atomic mass is 10.1. The molecule has 0 saturated carbocycles. The number of carbonyl (C=O) groups excluding carboxylic acids is 1. The zero-order chi connectivity index (χ0) is 23.8. The molecule has 1 amide bonds. The van der Waals surface area contributed by atoms with Crippen molar-refractivity contribution in [3.05, 3.63) is 65.0 Å². The number of hydrogen-bond acceptors (Lipinski definition) is 6. The van der Waals surface area contributed by atoms with Crippen LogP contribution in [0.25, 0.3) is 17.5 Å². The number of alkyl halides is 2. The molecule has 174 valence electrons. The molecule has 10 heteroatoms. The van der Waals surface area contributed by atoms with Gasteiger partial charge in [0, 0.05) is 18.2 Å². The van der Waals surface area contributed by atoms with Crippen molar-refractivity contribution in [2.45, 2.75) is 26.5 Å². The second kappa shape index (κ2) is 11.4. The average molecular weight is 478 g/mol. The second-order valence-electron chi connectivity index (χ2n) is 6.83. The van der Waals surface area contributed by atoms with Crippen LogP contribution in [0.1, 0.15) is 24.8 Å². The first kappa shape index (κ1) is 24.2. The largest absolute Gasteiger partial charge is 0.493 e. The third-order valence-corrected chi connectivity index (χ3v) is 4.87. The van der Waals surface area contributed by atoms with Crippen LogP contribution in [0, 0.1) is 0 Å². The first-order chi connectivity index (χ1) is 15.9. The molecule has 1 heterocycles. The number of rotatable bonds is 10. The summed E-state index contributed by atoms with van der Waals surface area (Å²) in [6.07, 6.45) is 3.35. The van der Waals surface area contributed by atoms with Crippen LogP contribution >= 0.6 is 11.6 Å². The summed E-state index contributed by atoms with van der Waals surface area (Å²) in [5, 5.41) is 8.50. The Balaban J connectivity index is 1.78. The van der Waals surface area contributed by atoms with E-state index in [1.807, 2.05) is 6.92 Å². The van der Waals surface area contributed by atoms with Gasteiger partial charge in [-0.2, -0.15) is 8.78 Å². The van der Waals surface area contributed by atoms with Crippen LogP contribution in [0.4, 0.5) is 8.78 Å². The van der Waals surface area contributed by atoms with Crippen molar-refractivity contribution in [1.82, 2.24) is 15.1 Å². The molecule has 0 atom stereocenters. The molecule has 0 aliphatic heterocycles. The predicted octanol–water partition coefficient (Wildman–Crippen LogP) is 5.45. The van der Waals surface area contributed by atoms with Gasteiger partial charge in [0.1, 0.15) is 0 Å². The Morgan fingerprint density at radius 1 is 1.21 bits per heavy atom. The number of halogens is 3. The molecule has 0 aliphatic rings. The van der Waals surface area contributed by atoms with E-state index < -0.39 is 6.61 Å². The van der Waals surface area contributed by atoms with E-state index in [0.717, 1.165) is 0 Å². The molecule has 1 aromatic heterocycles. The van der Waals surface area contributed by atoms with E-state index in [1.165, 1.54) is 30.2 Å². The van der Waals surface area contributed by atoms with Crippen molar-refractivity contribution >= 4 is 23.6 Å². The highest BCUT2D eigenvalue weighted by Crippen LogP contribution is 2.33. The number of nitrogens with zero attached hydrogens (tertiary/aromatic N) is 3. The molecule has 0 radical (unpaired) electrons. The third kappa shape index (κ3) is 6.29. The highest BCUT2D eigenvalue weighted by atomic mass is 35.5. The molecule has 0 fully saturated rings. The summed E-state index contributed by atoms with van der Waals surface area (Å²) < 4.78 is 41.0. The van der Waals surface area contributed by atoms with Crippen LogP contribution in [-0.2, 0) is 11.3 Å². The number of carbonyl (C=O) groups is 1. The Morgan fingerprint density at radius 3 is 2.70 bits per heavy atom. The predicted molar refractivity (Wildman–Crippen MR) is 119 cm³/mol. The molecule has 0 N–H and O–H groups in total. The van der Waals surface area contributed by atoms with Gasteiger partial charge in [-0.15, -0.1) is 10.2 Å². The summed E-state index contributed by atoms with van der Waals surface area (Å²) in [5.41, 5.74) is 0.869. The highest BCUT2D eigenvalue weighted by molar-refractivity contribution is 6.33. The molecule has 0 aliphatic carbocycles. The Morgan fingerprint density at radius 2 is 2.00 bits per heavy atom. The number of amides is 1. The summed E-state index contributed by atoms with van der Waals surface area (Å²) >= 11 is 6.17. The van der Waals surface area contributed by atoms with Gasteiger partial charge in [0.25, 0.3) is 0 Å². The van der Waals surface area contributed by atoms with Gasteiger partial charge in [-0.05, 0) is 30.7 Å². The number of aromatic nitrogens is 2. The second-order valence-corrected chi connectivity index (χ2v) is 7.24. The Bertz CT molecular complexity index is 1120. The van der Waals surface area contributed by atoms with Crippen molar-refractivity contribution in [3.63, 3.8) is 0 Å². The molecule has 0 bridgehead atoms. The first-order valence-electron chi connectivity index (χ1n) is 10.1. The zero-order valence-electron chi connectivity index (χ0n) is 18.0. The van der Waals surface area contributed by atoms with Crippen LogP contribution in [0.2, 0.25) is 5.02 Å². The van der Waals surface area contributed by atoms with Gasteiger partial charge in [-0.3, -0.25) is 4.79 Å². The maximum Gasteiger partial charge on any atom is 0.387 e. The zero-order valence-corrected chi connectivity index (χ0v) is 18.8. The Hall–Kier alpha value is -3.46. The van der Waals surface area contributed by atoms with Gasteiger partial charge in [-0.25, -0.2) is 0 Å². The monoisotopic (exact) mass is 477 g/mol. The van der Waals surface area contributed by atoms with Crippen LogP contribution in [-0.4, -0.2) is 41.3 Å². The van der Waals surface area contributed by atoms with Crippen molar-refractivity contribution in [1.29, 1.82) is 0 Å². The summed E-state index contributed by atoms with van der Waals surface area (Å²) in [6.45, 7) is -0.618. The molecule has 0 saturated heterocycles. The van der Waals surface area contributed by atoms with Crippen molar-refractivity contribution in [2.24, 2.45) is 0 Å². The van der Waals surface area contributed by atoms with E-state index in [-0.39, 0.29) is 41.3 Å². The minimum Gasteiger partial charge on any atom is -0.493 e. The molecular formula is C23H22ClF2N3O4. The molecule has 3 aromatic rings. The van der Waals surface area contributed by atoms with Gasteiger partial charge >= 0.3 is 6.61 Å². The lowest BCUT2D eigenvalue weighted by molar-refractivity contribution is -0.126. The number of ether oxygens (including phenoxy) is 2. The normalized spacial score (nSPS) is 11.2. The summed E-state index contributed by atoms with van der Waals surface area (Å²) in [5.74, 6) is 0.110. The van der Waals surface area contributed by atoms with Gasteiger partial charge in [-0.1, -0.05) is 42.8 Å². The molecule has 7 nitrogen and oxygen atoms in total. The molecular weight excluding hydrogens is 456 g/mol. The maximum absolute atomic E-state index is 12.8. The van der Waals surface area contributed by atoms with E-state index in [0.29, 0.717) is 23.6 Å². The van der Waals surface area contributed by atoms with Gasteiger partial charge < -0.3 is 18.8 Å². The van der Waals surface area contributed by atoms with Crippen LogP contribution in [0.3, 0.4) is 0 Å². The van der Waals surface area contributed by atoms with Crippen molar-refractivity contribution in [2.75, 3.05) is 13.7 Å². The van der Waals surface area contributed by atoms with Crippen LogP contribution in [0.5, 0.6) is 11.5 Å². The number of hydrogen-bond donors (Lipinski definition) is 0. The fourth-order valence-corrected chi connectivity index (χ4v) is 3.28. The van der Waals surface area contributed by atoms with Crippen LogP contribution in [0.15, 0.2) is 53.0 Å². The first-order valence-corrected chi connectivity index (χ1v) is 10.5. The molecule has 3 rings (SSSR count). The molecule has 2 aromatic carbocycles. The minimum atomic E-state index is -3.04. The van der Waals surface area contributed by atoms with Gasteiger partial charge in [0.05, 0.1) is 24.2 Å². The maximum atomic E-state index is 12.8. The summed E-state index contributed by atoms with van der Waals surface area (Å²) in [4.78, 5) is 14.3. The molecule has 0 unspecified atom stereocenters. The Labute approximate surface area is 194 Å². The highest BCUT2D eigenvalue weighted by Gasteiger charge is 2.18. The van der Waals surface area contributed by atoms with E-state index in [1.54, 1.807) is 36.4 Å². The SMILES string of the molecule is CCCN(Cc1nnc(-c2ccccc2Cl)o1)C(=O)/C=C/c1cccc(OC)c1OC(F)F. The fraction of sp³-hybridized carbons (Fsp3) is 0.261.